The van der Waals surface area contributed by atoms with Gasteiger partial charge in [-0.2, -0.15) is 0 Å². The van der Waals surface area contributed by atoms with Crippen LogP contribution in [0.5, 0.6) is 5.75 Å². The van der Waals surface area contributed by atoms with Crippen molar-refractivity contribution in [3.8, 4) is 5.75 Å². The van der Waals surface area contributed by atoms with Crippen molar-refractivity contribution in [3.05, 3.63) is 415 Å². The van der Waals surface area contributed by atoms with Crippen LogP contribution in [0.15, 0.2) is 309 Å². The predicted octanol–water partition coefficient (Wildman–Crippen LogP) is 23.7. The average Bonchev–Trinajstić information content (AvgIpc) is 1.69. The lowest BCUT2D eigenvalue weighted by molar-refractivity contribution is 0.307. The molecule has 6 aliphatic rings. The summed E-state index contributed by atoms with van der Waals surface area (Å²) in [6.45, 7) is 9.20. The standard InChI is InChI=1S/C20H23N.C19H24N2.C19H21NO.2C19H21N.C18H22N2/c1-21(2)15-7-12-20-18-10-5-3-8-16(18)13-14-17-9-4-6-11-19(17)20;1-20(2)14-7-15-21-18-10-5-3-8-16(18)12-13-17-9-4-6-11-19(17)21;1-20(2)13-7-11-17-16-9-4-3-8-15(16)14-21-19-12-6-5-10-18(17)19;2*1-20-14-6-11-19-17-9-4-2-7-15(17)12-13-16-8-3-5-10-18(16)19;1-19-13-6-14-20-17-9-4-2-7-15(17)11-12-16-8-3-5-10-18(16)20/h3-6,8-12H,7,13-15H2,1-2H3;3-6,8-11H,7,12-15H2,1-2H3;3-6,8-12H,7,13-14H2,1-2H3;2-5,7-10,12-13,19-20H,6,11,14H2,1H3;2-5,7-11,20H,6,12-14H2,1H3;2-5,7-10,19H,6,11-14H2,1H3/b;;17-11-;;;. The zero-order valence-electron chi connectivity index (χ0n) is 74.8. The number of rotatable bonds is 21. The van der Waals surface area contributed by atoms with Crippen LogP contribution in [-0.2, 0) is 58.0 Å². The van der Waals surface area contributed by atoms with E-state index in [0.717, 1.165) is 135 Å². The largest absolute Gasteiger partial charge is 0.488 e. The minimum atomic E-state index is 0.505. The summed E-state index contributed by atoms with van der Waals surface area (Å²) >= 11 is 0. The lowest BCUT2D eigenvalue weighted by Crippen LogP contribution is -2.23. The summed E-state index contributed by atoms with van der Waals surface area (Å²) in [6.07, 6.45) is 28.6. The van der Waals surface area contributed by atoms with Crippen LogP contribution >= 0.6 is 0 Å². The van der Waals surface area contributed by atoms with Crippen molar-refractivity contribution < 1.29 is 4.74 Å². The maximum atomic E-state index is 5.98. The van der Waals surface area contributed by atoms with E-state index in [9.17, 15) is 0 Å². The summed E-state index contributed by atoms with van der Waals surface area (Å²) in [7, 11) is 18.8. The van der Waals surface area contributed by atoms with E-state index in [0.29, 0.717) is 12.5 Å². The van der Waals surface area contributed by atoms with Gasteiger partial charge in [0.15, 0.2) is 0 Å². The topological polar surface area (TPSA) is 61.5 Å². The molecule has 0 radical (unpaired) electrons. The van der Waals surface area contributed by atoms with Gasteiger partial charge in [-0.1, -0.05) is 291 Å². The number of nitrogens with one attached hydrogen (secondary N) is 3. The minimum absolute atomic E-state index is 0.505. The molecule has 0 unspecified atom stereocenters. The maximum Gasteiger partial charge on any atom is 0.127 e. The molecule has 0 amide bonds. The van der Waals surface area contributed by atoms with Gasteiger partial charge in [0.1, 0.15) is 12.4 Å². The summed E-state index contributed by atoms with van der Waals surface area (Å²) < 4.78 is 5.98. The molecule has 3 aliphatic heterocycles. The molecule has 9 heteroatoms. The van der Waals surface area contributed by atoms with E-state index in [-0.39, 0.29) is 0 Å². The number of hydrogen-bond donors (Lipinski definition) is 3. The highest BCUT2D eigenvalue weighted by Gasteiger charge is 2.26. The Morgan fingerprint density at radius 1 is 0.301 bits per heavy atom. The molecule has 0 atom stereocenters. The Kier molecular flexibility index (Phi) is 34.1. The van der Waals surface area contributed by atoms with Gasteiger partial charge in [0.05, 0.1) is 0 Å². The normalized spacial score (nSPS) is 13.9. The van der Waals surface area contributed by atoms with Crippen molar-refractivity contribution in [3.63, 3.8) is 0 Å². The predicted molar refractivity (Wildman–Crippen MR) is 527 cm³/mol. The molecule has 634 valence electrons. The highest BCUT2D eigenvalue weighted by molar-refractivity contribution is 5.87. The van der Waals surface area contributed by atoms with Gasteiger partial charge in [-0.25, -0.2) is 0 Å². The third-order valence-electron chi connectivity index (χ3n) is 24.4. The number of ether oxygens (including phenoxy) is 1. The van der Waals surface area contributed by atoms with Crippen LogP contribution in [0.1, 0.15) is 157 Å². The number of aryl methyl sites for hydroxylation is 8. The molecule has 123 heavy (non-hydrogen) atoms. The summed E-state index contributed by atoms with van der Waals surface area (Å²) in [5.41, 5.74) is 36.5. The highest BCUT2D eigenvalue weighted by atomic mass is 16.5. The lowest BCUT2D eigenvalue weighted by atomic mass is 9.84. The second kappa shape index (κ2) is 46.9. The first-order valence-corrected chi connectivity index (χ1v) is 45.3. The molecule has 3 N–H and O–H groups in total. The fourth-order valence-corrected chi connectivity index (χ4v) is 18.1. The van der Waals surface area contributed by atoms with E-state index in [1.165, 1.54) is 164 Å². The average molecular weight is 1630 g/mol. The monoisotopic (exact) mass is 1630 g/mol. The first kappa shape index (κ1) is 89.5. The number of anilines is 4. The molecule has 0 spiro atoms. The molecule has 12 aromatic carbocycles. The first-order valence-electron chi connectivity index (χ1n) is 45.3. The van der Waals surface area contributed by atoms with Gasteiger partial charge in [-0.3, -0.25) is 0 Å². The summed E-state index contributed by atoms with van der Waals surface area (Å²) in [5, 5.41) is 9.73. The Balaban J connectivity index is 0.000000127. The Labute approximate surface area is 737 Å². The van der Waals surface area contributed by atoms with E-state index in [4.69, 9.17) is 4.74 Å². The molecule has 0 fully saturated rings. The molecule has 0 saturated carbocycles. The van der Waals surface area contributed by atoms with Gasteiger partial charge in [0.25, 0.3) is 0 Å². The van der Waals surface area contributed by atoms with E-state index in [1.54, 1.807) is 0 Å². The molecule has 3 aliphatic carbocycles. The third kappa shape index (κ3) is 24.4. The number of nitrogens with zero attached hydrogens (tertiary/aromatic N) is 5. The van der Waals surface area contributed by atoms with Gasteiger partial charge in [-0.15, -0.1) is 0 Å². The van der Waals surface area contributed by atoms with Crippen molar-refractivity contribution in [1.29, 1.82) is 0 Å². The van der Waals surface area contributed by atoms with Crippen LogP contribution in [-0.4, -0.2) is 130 Å². The molecule has 12 aromatic rings. The minimum Gasteiger partial charge on any atom is -0.488 e. The van der Waals surface area contributed by atoms with Gasteiger partial charge in [0.2, 0.25) is 0 Å². The molecule has 0 aromatic heterocycles. The van der Waals surface area contributed by atoms with E-state index >= 15 is 0 Å². The number of hydrogen-bond acceptors (Lipinski definition) is 9. The summed E-state index contributed by atoms with van der Waals surface area (Å²) in [4.78, 5) is 11.7. The Morgan fingerprint density at radius 3 is 1.00 bits per heavy atom. The Bertz CT molecular complexity index is 5050. The van der Waals surface area contributed by atoms with E-state index in [2.05, 4.69) is 398 Å². The van der Waals surface area contributed by atoms with Crippen LogP contribution in [0.3, 0.4) is 0 Å². The zero-order valence-corrected chi connectivity index (χ0v) is 74.8. The van der Waals surface area contributed by atoms with Crippen molar-refractivity contribution in [2.75, 3.05) is 126 Å². The van der Waals surface area contributed by atoms with Crippen LogP contribution in [0.25, 0.3) is 28.9 Å². The van der Waals surface area contributed by atoms with Crippen molar-refractivity contribution in [2.24, 2.45) is 0 Å². The SMILES string of the molecule is CN(C)CC/C=C1/c2ccccc2COc2ccccc21.CN(C)CCC=C1c2ccccc2CCc2ccccc21.CN(C)CCCN1c2ccccc2CCc2ccccc21.CNCCC=C1c2ccccc2CCc2ccccc21.CNCCCC1c2ccccc2C=Cc2ccccc21.CNCCCN1c2ccccc2CCc2ccccc21. The van der Waals surface area contributed by atoms with Crippen molar-refractivity contribution >= 4 is 51.6 Å². The molecule has 0 saturated heterocycles. The second-order valence-electron chi connectivity index (χ2n) is 33.8. The van der Waals surface area contributed by atoms with E-state index < -0.39 is 0 Å². The van der Waals surface area contributed by atoms with Crippen LogP contribution in [0.4, 0.5) is 22.7 Å². The van der Waals surface area contributed by atoms with Crippen molar-refractivity contribution in [1.82, 2.24) is 30.7 Å². The van der Waals surface area contributed by atoms with Gasteiger partial charge in [-0.05, 0) is 333 Å². The fourth-order valence-electron chi connectivity index (χ4n) is 18.1. The summed E-state index contributed by atoms with van der Waals surface area (Å²) in [5.74, 6) is 1.48. The van der Waals surface area contributed by atoms with Gasteiger partial charge >= 0.3 is 0 Å². The molecule has 0 bridgehead atoms. The van der Waals surface area contributed by atoms with Gasteiger partial charge < -0.3 is 45.2 Å². The third-order valence-corrected chi connectivity index (χ3v) is 24.4. The number of benzene rings is 12. The molecule has 9 nitrogen and oxygen atoms in total. The Morgan fingerprint density at radius 2 is 0.602 bits per heavy atom. The van der Waals surface area contributed by atoms with Gasteiger partial charge in [0, 0.05) is 60.4 Å². The smallest absolute Gasteiger partial charge is 0.127 e. The van der Waals surface area contributed by atoms with E-state index in [1.807, 2.05) is 27.2 Å². The molecule has 18 rings (SSSR count). The maximum absolute atomic E-state index is 5.98. The van der Waals surface area contributed by atoms with Crippen LogP contribution in [0.2, 0.25) is 0 Å². The summed E-state index contributed by atoms with van der Waals surface area (Å²) in [6, 6.07) is 105. The van der Waals surface area contributed by atoms with Crippen molar-refractivity contribution in [2.45, 2.75) is 109 Å². The molecular weight excluding hydrogens is 1500 g/mol. The first-order chi connectivity index (χ1) is 60.5. The number of fused-ring (bicyclic) bond motifs is 12. The quantitative estimate of drug-likeness (QED) is 0.0611. The Hall–Kier alpha value is -11.2. The fraction of sp³-hybridized carbons (Fsp3) is 0.298. The lowest BCUT2D eigenvalue weighted by Gasteiger charge is -2.27. The number of para-hydroxylation sites is 5. The van der Waals surface area contributed by atoms with Crippen LogP contribution < -0.4 is 30.5 Å². The van der Waals surface area contributed by atoms with Crippen LogP contribution in [0, 0.1) is 0 Å². The highest BCUT2D eigenvalue weighted by Crippen LogP contribution is 2.43. The second-order valence-corrected chi connectivity index (χ2v) is 33.8. The molecular formula is C114H132N8O. The zero-order chi connectivity index (χ0) is 85.3. The molecule has 3 heterocycles.